The van der Waals surface area contributed by atoms with Crippen molar-refractivity contribution < 1.29 is 31.1 Å². The van der Waals surface area contributed by atoms with Gasteiger partial charge in [-0.1, -0.05) is 0 Å². The summed E-state index contributed by atoms with van der Waals surface area (Å²) < 4.78 is 69.0. The lowest BCUT2D eigenvalue weighted by atomic mass is 10.3. The Hall–Kier alpha value is -1.04. The average Bonchev–Trinajstić information content (AvgIpc) is 1.84. The molecule has 0 aliphatic carbocycles. The van der Waals surface area contributed by atoms with Crippen molar-refractivity contribution in [2.24, 2.45) is 4.99 Å². The quantitative estimate of drug-likeness (QED) is 0.284. The van der Waals surface area contributed by atoms with Gasteiger partial charge in [0.1, 0.15) is 0 Å². The molecule has 0 fully saturated rings. The average molecular weight is 193 g/mol. The van der Waals surface area contributed by atoms with Gasteiger partial charge in [-0.15, -0.1) is 4.99 Å². The molecular formula is C4HF6NO. The first-order valence-electron chi connectivity index (χ1n) is 2.39. The molecule has 0 rings (SSSR count). The Morgan fingerprint density at radius 2 is 1.58 bits per heavy atom. The normalized spacial score (nSPS) is 15.2. The SMILES string of the molecule is O=C=NC(F)(F)C(F)C(F)(F)F. The molecule has 70 valence electrons. The van der Waals surface area contributed by atoms with E-state index in [2.05, 4.69) is 0 Å². The molecule has 0 bridgehead atoms. The van der Waals surface area contributed by atoms with Crippen LogP contribution in [0.1, 0.15) is 0 Å². The Bertz CT molecular complexity index is 204. The van der Waals surface area contributed by atoms with Gasteiger partial charge in [-0.3, -0.25) is 0 Å². The monoisotopic (exact) mass is 193 g/mol. The van der Waals surface area contributed by atoms with E-state index in [0.29, 0.717) is 0 Å². The van der Waals surface area contributed by atoms with Gasteiger partial charge in [-0.2, -0.15) is 22.0 Å². The fraction of sp³-hybridized carbons (Fsp3) is 0.750. The van der Waals surface area contributed by atoms with Crippen LogP contribution in [0.3, 0.4) is 0 Å². The summed E-state index contributed by atoms with van der Waals surface area (Å²) in [6.07, 6.45) is -10.1. The Balaban J connectivity index is 4.68. The van der Waals surface area contributed by atoms with Gasteiger partial charge >= 0.3 is 12.2 Å². The zero-order chi connectivity index (χ0) is 9.99. The smallest absolute Gasteiger partial charge is 0.228 e. The number of nitrogens with zero attached hydrogens (tertiary/aromatic N) is 1. The van der Waals surface area contributed by atoms with E-state index < -0.39 is 18.4 Å². The number of aliphatic imine (C=N–C) groups is 1. The first kappa shape index (κ1) is 11.0. The van der Waals surface area contributed by atoms with E-state index >= 15 is 0 Å². The molecule has 0 spiro atoms. The molecule has 0 aliphatic rings. The van der Waals surface area contributed by atoms with E-state index in [9.17, 15) is 26.3 Å². The van der Waals surface area contributed by atoms with Gasteiger partial charge in [0.2, 0.25) is 6.08 Å². The zero-order valence-electron chi connectivity index (χ0n) is 5.20. The van der Waals surface area contributed by atoms with Crippen LogP contribution in [0.4, 0.5) is 26.3 Å². The van der Waals surface area contributed by atoms with E-state index in [1.165, 1.54) is 4.99 Å². The van der Waals surface area contributed by atoms with E-state index in [-0.39, 0.29) is 6.08 Å². The van der Waals surface area contributed by atoms with Crippen LogP contribution in [-0.4, -0.2) is 24.5 Å². The first-order chi connectivity index (χ1) is 5.22. The van der Waals surface area contributed by atoms with Crippen molar-refractivity contribution >= 4 is 6.08 Å². The molecule has 0 aliphatic heterocycles. The second kappa shape index (κ2) is 3.14. The van der Waals surface area contributed by atoms with Crippen LogP contribution < -0.4 is 0 Å². The summed E-state index contributed by atoms with van der Waals surface area (Å²) >= 11 is 0. The minimum Gasteiger partial charge on any atom is -0.228 e. The lowest BCUT2D eigenvalue weighted by Gasteiger charge is -2.16. The molecular weight excluding hydrogens is 192 g/mol. The van der Waals surface area contributed by atoms with Gasteiger partial charge < -0.3 is 0 Å². The number of rotatable bonds is 2. The van der Waals surface area contributed by atoms with Gasteiger partial charge in [-0.05, 0) is 0 Å². The molecule has 0 radical (unpaired) electrons. The molecule has 8 heteroatoms. The molecule has 0 N–H and O–H groups in total. The molecule has 0 aromatic carbocycles. The van der Waals surface area contributed by atoms with Crippen molar-refractivity contribution in [2.45, 2.75) is 18.4 Å². The molecule has 0 saturated heterocycles. The molecule has 0 aromatic rings. The van der Waals surface area contributed by atoms with Crippen LogP contribution in [0.5, 0.6) is 0 Å². The summed E-state index contributed by atoms with van der Waals surface area (Å²) in [5, 5.41) is 0. The Kier molecular flexibility index (Phi) is 2.87. The minimum atomic E-state index is -5.75. The van der Waals surface area contributed by atoms with Crippen LogP contribution in [0.25, 0.3) is 0 Å². The van der Waals surface area contributed by atoms with Crippen molar-refractivity contribution in [2.75, 3.05) is 0 Å². The molecule has 0 heterocycles. The third-order valence-corrected chi connectivity index (χ3v) is 0.787. The summed E-state index contributed by atoms with van der Waals surface area (Å²) in [5.41, 5.74) is 0. The van der Waals surface area contributed by atoms with Gasteiger partial charge in [0.15, 0.2) is 0 Å². The van der Waals surface area contributed by atoms with Crippen molar-refractivity contribution in [3.8, 4) is 0 Å². The Morgan fingerprint density at radius 3 is 1.83 bits per heavy atom. The van der Waals surface area contributed by atoms with E-state index in [1.54, 1.807) is 0 Å². The van der Waals surface area contributed by atoms with Crippen molar-refractivity contribution in [1.82, 2.24) is 0 Å². The molecule has 1 unspecified atom stereocenters. The number of carbonyl (C=O) groups excluding carboxylic acids is 1. The minimum absolute atomic E-state index is 0.146. The fourth-order valence-corrected chi connectivity index (χ4v) is 0.314. The number of hydrogen-bond acceptors (Lipinski definition) is 2. The van der Waals surface area contributed by atoms with E-state index in [1.807, 2.05) is 0 Å². The molecule has 0 saturated carbocycles. The maximum Gasteiger partial charge on any atom is 0.427 e. The number of hydrogen-bond donors (Lipinski definition) is 0. The zero-order valence-corrected chi connectivity index (χ0v) is 5.20. The maximum absolute atomic E-state index is 11.8. The summed E-state index contributed by atoms with van der Waals surface area (Å²) in [6.45, 7) is 0. The van der Waals surface area contributed by atoms with Crippen molar-refractivity contribution in [3.05, 3.63) is 0 Å². The highest BCUT2D eigenvalue weighted by molar-refractivity contribution is 5.34. The van der Waals surface area contributed by atoms with Gasteiger partial charge in [0.25, 0.3) is 6.17 Å². The molecule has 0 amide bonds. The van der Waals surface area contributed by atoms with E-state index in [0.717, 1.165) is 0 Å². The van der Waals surface area contributed by atoms with Gasteiger partial charge in [-0.25, -0.2) is 9.18 Å². The van der Waals surface area contributed by atoms with E-state index in [4.69, 9.17) is 4.79 Å². The molecule has 2 nitrogen and oxygen atoms in total. The molecule has 0 aromatic heterocycles. The van der Waals surface area contributed by atoms with Crippen molar-refractivity contribution in [1.29, 1.82) is 0 Å². The number of isocyanates is 1. The van der Waals surface area contributed by atoms with Crippen LogP contribution in [0.2, 0.25) is 0 Å². The van der Waals surface area contributed by atoms with Crippen LogP contribution >= 0.6 is 0 Å². The lowest BCUT2D eigenvalue weighted by Crippen LogP contribution is -2.40. The summed E-state index contributed by atoms with van der Waals surface area (Å²) in [6, 6.07) is -5.10. The highest BCUT2D eigenvalue weighted by Gasteiger charge is 2.57. The van der Waals surface area contributed by atoms with Crippen LogP contribution in [0.15, 0.2) is 4.99 Å². The van der Waals surface area contributed by atoms with Crippen molar-refractivity contribution in [3.63, 3.8) is 0 Å². The van der Waals surface area contributed by atoms with Crippen LogP contribution in [-0.2, 0) is 4.79 Å². The lowest BCUT2D eigenvalue weighted by molar-refractivity contribution is -0.241. The number of halogens is 6. The molecule has 1 atom stereocenters. The largest absolute Gasteiger partial charge is 0.427 e. The Morgan fingerprint density at radius 1 is 1.17 bits per heavy atom. The molecule has 12 heavy (non-hydrogen) atoms. The topological polar surface area (TPSA) is 29.4 Å². The summed E-state index contributed by atoms with van der Waals surface area (Å²) in [4.78, 5) is 10.5. The maximum atomic E-state index is 11.8. The second-order valence-corrected chi connectivity index (χ2v) is 1.70. The first-order valence-corrected chi connectivity index (χ1v) is 2.39. The fourth-order valence-electron chi connectivity index (χ4n) is 0.314. The van der Waals surface area contributed by atoms with Gasteiger partial charge in [0.05, 0.1) is 0 Å². The number of alkyl halides is 6. The third kappa shape index (κ3) is 2.54. The predicted molar refractivity (Wildman–Crippen MR) is 24.0 cm³/mol. The highest BCUT2D eigenvalue weighted by atomic mass is 19.4. The van der Waals surface area contributed by atoms with Crippen LogP contribution in [0, 0.1) is 0 Å². The second-order valence-electron chi connectivity index (χ2n) is 1.70. The summed E-state index contributed by atoms with van der Waals surface area (Å²) in [5.74, 6) is 0. The third-order valence-electron chi connectivity index (χ3n) is 0.787. The summed E-state index contributed by atoms with van der Waals surface area (Å²) in [7, 11) is 0. The predicted octanol–water partition coefficient (Wildman–Crippen LogP) is 1.82. The Labute approximate surface area is 61.9 Å². The standard InChI is InChI=1S/C4HF6NO/c5-2(3(6,7)8)4(9,10)11-1-12/h2H. The highest BCUT2D eigenvalue weighted by Crippen LogP contribution is 2.35. The van der Waals surface area contributed by atoms with Gasteiger partial charge in [0, 0.05) is 0 Å².